The van der Waals surface area contributed by atoms with Crippen LogP contribution in [0.1, 0.15) is 34.5 Å². The Balaban J connectivity index is 1.67. The molecule has 7 nitrogen and oxygen atoms in total. The summed E-state index contributed by atoms with van der Waals surface area (Å²) in [6.07, 6.45) is 4.95. The Morgan fingerprint density at radius 1 is 1.06 bits per heavy atom. The highest BCUT2D eigenvalue weighted by Crippen LogP contribution is 2.38. The Morgan fingerprint density at radius 3 is 2.69 bits per heavy atom. The largest absolute Gasteiger partial charge is 0.478 e. The first-order valence-corrected chi connectivity index (χ1v) is 10.2. The van der Waals surface area contributed by atoms with Crippen molar-refractivity contribution in [3.05, 3.63) is 83.9 Å². The summed E-state index contributed by atoms with van der Waals surface area (Å²) < 4.78 is 6.38. The van der Waals surface area contributed by atoms with Crippen molar-refractivity contribution in [2.24, 2.45) is 0 Å². The first kappa shape index (κ1) is 19.7. The van der Waals surface area contributed by atoms with Crippen LogP contribution in [0.15, 0.2) is 71.7 Å². The van der Waals surface area contributed by atoms with E-state index in [4.69, 9.17) is 4.42 Å². The zero-order valence-electron chi connectivity index (χ0n) is 17.5. The van der Waals surface area contributed by atoms with E-state index in [-0.39, 0.29) is 11.6 Å². The molecule has 5 rings (SSSR count). The third-order valence-electron chi connectivity index (χ3n) is 5.48. The van der Waals surface area contributed by atoms with Gasteiger partial charge in [-0.3, -0.25) is 4.98 Å². The number of pyridine rings is 1. The number of anilines is 1. The average Bonchev–Trinajstić information content (AvgIpc) is 3.18. The van der Waals surface area contributed by atoms with Gasteiger partial charge in [-0.15, -0.1) is 0 Å². The normalized spacial score (nSPS) is 12.2. The highest BCUT2D eigenvalue weighted by molar-refractivity contribution is 6.08. The molecule has 32 heavy (non-hydrogen) atoms. The fourth-order valence-electron chi connectivity index (χ4n) is 4.02. The summed E-state index contributed by atoms with van der Waals surface area (Å²) in [6.45, 7) is 4.01. The molecule has 2 N–H and O–H groups in total. The minimum atomic E-state index is -0.975. The third kappa shape index (κ3) is 3.33. The second-order valence-corrected chi connectivity index (χ2v) is 7.68. The van der Waals surface area contributed by atoms with E-state index in [0.29, 0.717) is 16.9 Å². The molecule has 0 aliphatic heterocycles. The number of carboxylic acid groups (broad SMARTS) is 1. The minimum Gasteiger partial charge on any atom is -0.478 e. The van der Waals surface area contributed by atoms with Crippen molar-refractivity contribution in [3.8, 4) is 11.3 Å². The molecule has 0 unspecified atom stereocenters. The Morgan fingerprint density at radius 2 is 1.91 bits per heavy atom. The van der Waals surface area contributed by atoms with Crippen LogP contribution in [0.3, 0.4) is 0 Å². The smallest absolute Gasteiger partial charge is 0.337 e. The van der Waals surface area contributed by atoms with Gasteiger partial charge in [0.25, 0.3) is 0 Å². The van der Waals surface area contributed by atoms with Crippen LogP contribution in [0.5, 0.6) is 0 Å². The maximum Gasteiger partial charge on any atom is 0.337 e. The number of benzene rings is 2. The van der Waals surface area contributed by atoms with E-state index in [1.807, 2.05) is 32.0 Å². The lowest BCUT2D eigenvalue weighted by Crippen LogP contribution is -2.11. The third-order valence-corrected chi connectivity index (χ3v) is 5.48. The highest BCUT2D eigenvalue weighted by Gasteiger charge is 2.20. The van der Waals surface area contributed by atoms with E-state index < -0.39 is 5.97 Å². The molecule has 0 radical (unpaired) electrons. The van der Waals surface area contributed by atoms with Crippen molar-refractivity contribution in [2.45, 2.75) is 19.9 Å². The van der Waals surface area contributed by atoms with Crippen LogP contribution < -0.4 is 5.32 Å². The van der Waals surface area contributed by atoms with Crippen LogP contribution in [0, 0.1) is 6.92 Å². The molecule has 0 aliphatic rings. The Bertz CT molecular complexity index is 1460. The lowest BCUT2D eigenvalue weighted by atomic mass is 10.0. The van der Waals surface area contributed by atoms with Gasteiger partial charge in [0.1, 0.15) is 17.4 Å². The molecule has 0 spiro atoms. The lowest BCUT2D eigenvalue weighted by Gasteiger charge is -2.18. The topological polar surface area (TPSA) is 101 Å². The van der Waals surface area contributed by atoms with Crippen molar-refractivity contribution >= 4 is 33.7 Å². The number of nitrogens with one attached hydrogen (secondary N) is 1. The van der Waals surface area contributed by atoms with Crippen molar-refractivity contribution in [3.63, 3.8) is 0 Å². The van der Waals surface area contributed by atoms with Gasteiger partial charge in [-0.1, -0.05) is 18.2 Å². The summed E-state index contributed by atoms with van der Waals surface area (Å²) in [7, 11) is 0. The summed E-state index contributed by atoms with van der Waals surface area (Å²) in [4.78, 5) is 24.6. The van der Waals surface area contributed by atoms with Gasteiger partial charge in [0.15, 0.2) is 5.58 Å². The number of rotatable bonds is 5. The fraction of sp³-hybridized carbons (Fsp3) is 0.120. The van der Waals surface area contributed by atoms with Gasteiger partial charge >= 0.3 is 5.97 Å². The number of aromatic nitrogens is 3. The number of hydrogen-bond acceptors (Lipinski definition) is 6. The molecule has 2 aromatic carbocycles. The zero-order valence-corrected chi connectivity index (χ0v) is 17.5. The van der Waals surface area contributed by atoms with E-state index in [0.717, 1.165) is 33.3 Å². The van der Waals surface area contributed by atoms with Gasteiger partial charge in [0.05, 0.1) is 17.3 Å². The van der Waals surface area contributed by atoms with Crippen LogP contribution in [0.25, 0.3) is 33.3 Å². The van der Waals surface area contributed by atoms with Gasteiger partial charge in [-0.2, -0.15) is 0 Å². The maximum atomic E-state index is 11.6. The van der Waals surface area contributed by atoms with Crippen LogP contribution in [-0.2, 0) is 0 Å². The van der Waals surface area contributed by atoms with Crippen molar-refractivity contribution in [1.82, 2.24) is 15.0 Å². The number of furan rings is 1. The minimum absolute atomic E-state index is 0.207. The van der Waals surface area contributed by atoms with Gasteiger partial charge in [-0.05, 0) is 49.7 Å². The van der Waals surface area contributed by atoms with E-state index in [1.54, 1.807) is 30.6 Å². The molecule has 3 heterocycles. The molecule has 0 saturated carbocycles. The quantitative estimate of drug-likeness (QED) is 0.378. The molecule has 0 aliphatic carbocycles. The number of fused-ring (bicyclic) bond motifs is 3. The van der Waals surface area contributed by atoms with Gasteiger partial charge in [0.2, 0.25) is 0 Å². The predicted molar refractivity (Wildman–Crippen MR) is 123 cm³/mol. The van der Waals surface area contributed by atoms with Gasteiger partial charge < -0.3 is 14.8 Å². The van der Waals surface area contributed by atoms with Crippen LogP contribution in [0.2, 0.25) is 0 Å². The molecule has 5 aromatic rings. The maximum absolute atomic E-state index is 11.6. The van der Waals surface area contributed by atoms with Crippen LogP contribution >= 0.6 is 0 Å². The Kier molecular flexibility index (Phi) is 4.78. The molecule has 3 aromatic heterocycles. The molecule has 0 amide bonds. The van der Waals surface area contributed by atoms with Crippen LogP contribution in [0.4, 0.5) is 5.69 Å². The molecule has 158 valence electrons. The first-order valence-electron chi connectivity index (χ1n) is 10.2. The Labute approximate surface area is 183 Å². The number of aryl methyl sites for hydroxylation is 1. The van der Waals surface area contributed by atoms with Gasteiger partial charge in [0, 0.05) is 34.6 Å². The summed E-state index contributed by atoms with van der Waals surface area (Å²) in [5.74, 6) is -0.975. The summed E-state index contributed by atoms with van der Waals surface area (Å²) in [5, 5.41) is 13.8. The van der Waals surface area contributed by atoms with E-state index >= 15 is 0 Å². The van der Waals surface area contributed by atoms with Crippen molar-refractivity contribution < 1.29 is 14.3 Å². The fourth-order valence-corrected chi connectivity index (χ4v) is 4.02. The lowest BCUT2D eigenvalue weighted by molar-refractivity contribution is 0.0698. The Hall–Kier alpha value is -4.26. The standard InChI is InChI=1S/C25H20N4O3/c1-14-11-18(15(2)29-21-6-4-3-5-17(21)25(30)31)23-19(12-14)22-24(32-23)16(7-10-27-22)20-8-9-26-13-28-20/h3-13,15,29H,1-2H3,(H,30,31)/t15-/m1/s1. The molecule has 0 bridgehead atoms. The van der Waals surface area contributed by atoms with E-state index in [1.165, 1.54) is 6.33 Å². The molecule has 7 heteroatoms. The number of hydrogen-bond donors (Lipinski definition) is 2. The number of carbonyl (C=O) groups is 1. The van der Waals surface area contributed by atoms with E-state index in [2.05, 4.69) is 32.4 Å². The number of aromatic carboxylic acids is 1. The van der Waals surface area contributed by atoms with Crippen molar-refractivity contribution in [2.75, 3.05) is 5.32 Å². The second-order valence-electron chi connectivity index (χ2n) is 7.68. The van der Waals surface area contributed by atoms with Crippen molar-refractivity contribution in [1.29, 1.82) is 0 Å². The molecular weight excluding hydrogens is 404 g/mol. The monoisotopic (exact) mass is 424 g/mol. The summed E-state index contributed by atoms with van der Waals surface area (Å²) in [6, 6.07) is 14.5. The molecule has 1 atom stereocenters. The van der Waals surface area contributed by atoms with E-state index in [9.17, 15) is 9.90 Å². The first-order chi connectivity index (χ1) is 15.5. The van der Waals surface area contributed by atoms with Crippen LogP contribution in [-0.4, -0.2) is 26.0 Å². The highest BCUT2D eigenvalue weighted by atomic mass is 16.4. The molecule has 0 fully saturated rings. The summed E-state index contributed by atoms with van der Waals surface area (Å²) in [5.41, 5.74) is 6.49. The summed E-state index contributed by atoms with van der Waals surface area (Å²) >= 11 is 0. The number of para-hydroxylation sites is 1. The molecular formula is C25H20N4O3. The second kappa shape index (κ2) is 7.77. The SMILES string of the molecule is Cc1cc([C@@H](C)Nc2ccccc2C(=O)O)c2oc3c(-c4ccncn4)ccnc3c2c1. The zero-order chi connectivity index (χ0) is 22.2. The number of carboxylic acids is 1. The average molecular weight is 424 g/mol. The molecule has 0 saturated heterocycles. The predicted octanol–water partition coefficient (Wildman–Crippen LogP) is 5.62. The number of nitrogens with zero attached hydrogens (tertiary/aromatic N) is 3. The van der Waals surface area contributed by atoms with Gasteiger partial charge in [-0.25, -0.2) is 14.8 Å².